The second-order valence-electron chi connectivity index (χ2n) is 4.01. The molecule has 0 aliphatic heterocycles. The molecule has 1 heterocycles. The summed E-state index contributed by atoms with van der Waals surface area (Å²) in [5.74, 6) is 4.69. The number of hydrogen-bond donors (Lipinski definition) is 2. The Morgan fingerprint density at radius 3 is 2.86 bits per heavy atom. The van der Waals surface area contributed by atoms with Crippen molar-refractivity contribution in [1.82, 2.24) is 4.98 Å². The number of nitrogens with one attached hydrogen (secondary N) is 1. The van der Waals surface area contributed by atoms with Gasteiger partial charge in [0.2, 0.25) is 0 Å². The first-order chi connectivity index (χ1) is 10.1. The van der Waals surface area contributed by atoms with Crippen LogP contribution in [-0.2, 0) is 0 Å². The van der Waals surface area contributed by atoms with Gasteiger partial charge in [-0.15, -0.1) is 0 Å². The van der Waals surface area contributed by atoms with Crippen molar-refractivity contribution in [3.63, 3.8) is 0 Å². The highest BCUT2D eigenvalue weighted by molar-refractivity contribution is 6.30. The molecule has 0 spiro atoms. The number of nitrogens with two attached hydrogens (primary N) is 1. The predicted octanol–water partition coefficient (Wildman–Crippen LogP) is 2.44. The van der Waals surface area contributed by atoms with Crippen LogP contribution in [0.15, 0.2) is 36.5 Å². The van der Waals surface area contributed by atoms with Crippen LogP contribution in [0.3, 0.4) is 0 Å². The van der Waals surface area contributed by atoms with Crippen molar-refractivity contribution in [2.45, 2.75) is 0 Å². The smallest absolute Gasteiger partial charge is 0.258 e. The first-order valence-electron chi connectivity index (χ1n) is 6.01. The van der Waals surface area contributed by atoms with Gasteiger partial charge >= 0.3 is 0 Å². The van der Waals surface area contributed by atoms with Gasteiger partial charge in [0.1, 0.15) is 11.6 Å². The summed E-state index contributed by atoms with van der Waals surface area (Å²) in [5.41, 5.74) is 5.80. The Balaban J connectivity index is 2.28. The molecule has 6 heteroatoms. The molecule has 0 radical (unpaired) electrons. The Bertz CT molecular complexity index is 720. The third kappa shape index (κ3) is 4.02. The third-order valence-corrected chi connectivity index (χ3v) is 2.74. The second-order valence-corrected chi connectivity index (χ2v) is 4.45. The van der Waals surface area contributed by atoms with E-state index in [0.29, 0.717) is 10.8 Å². The van der Waals surface area contributed by atoms with E-state index in [4.69, 9.17) is 17.3 Å². The van der Waals surface area contributed by atoms with Crippen molar-refractivity contribution in [2.75, 3.05) is 11.9 Å². The zero-order chi connectivity index (χ0) is 15.2. The number of halogens is 2. The topological polar surface area (TPSA) is 68.0 Å². The van der Waals surface area contributed by atoms with Gasteiger partial charge in [-0.3, -0.25) is 4.79 Å². The molecule has 3 N–H and O–H groups in total. The minimum Gasteiger partial charge on any atom is -0.320 e. The highest BCUT2D eigenvalue weighted by Gasteiger charge is 2.12. The second kappa shape index (κ2) is 6.84. The maximum atomic E-state index is 13.3. The van der Waals surface area contributed by atoms with E-state index in [2.05, 4.69) is 22.1 Å². The summed E-state index contributed by atoms with van der Waals surface area (Å²) in [5, 5.41) is 3.05. The molecule has 106 valence electrons. The van der Waals surface area contributed by atoms with Crippen LogP contribution in [0.1, 0.15) is 15.9 Å². The van der Waals surface area contributed by atoms with Gasteiger partial charge in [0.05, 0.1) is 17.1 Å². The van der Waals surface area contributed by atoms with Gasteiger partial charge in [-0.2, -0.15) is 0 Å². The molecular formula is C15H11ClFN3O. The highest BCUT2D eigenvalue weighted by atomic mass is 35.5. The van der Waals surface area contributed by atoms with Crippen LogP contribution in [0.5, 0.6) is 0 Å². The number of amides is 1. The molecule has 2 rings (SSSR count). The standard InChI is InChI=1S/C15H11ClFN3O/c16-11-3-6-14(19-9-11)20-15(21)13-5-4-12(17)8-10(13)2-1-7-18/h3-6,8-9H,7,18H2,(H,19,20,21). The van der Waals surface area contributed by atoms with Gasteiger partial charge in [0.15, 0.2) is 0 Å². The first kappa shape index (κ1) is 15.0. The number of nitrogens with zero attached hydrogens (tertiary/aromatic N) is 1. The zero-order valence-electron chi connectivity index (χ0n) is 10.9. The molecule has 0 unspecified atom stereocenters. The summed E-state index contributed by atoms with van der Waals surface area (Å²) in [6.45, 7) is 0.121. The van der Waals surface area contributed by atoms with Crippen molar-refractivity contribution in [3.8, 4) is 11.8 Å². The van der Waals surface area contributed by atoms with Gasteiger partial charge in [-0.1, -0.05) is 23.4 Å². The molecule has 0 saturated carbocycles. The normalized spacial score (nSPS) is 9.67. The Morgan fingerprint density at radius 1 is 1.38 bits per heavy atom. The van der Waals surface area contributed by atoms with Crippen molar-refractivity contribution in [1.29, 1.82) is 0 Å². The summed E-state index contributed by atoms with van der Waals surface area (Å²) in [6, 6.07) is 6.91. The highest BCUT2D eigenvalue weighted by Crippen LogP contribution is 2.14. The summed E-state index contributed by atoms with van der Waals surface area (Å²) in [7, 11) is 0. The van der Waals surface area contributed by atoms with E-state index in [9.17, 15) is 9.18 Å². The molecule has 0 aliphatic carbocycles. The van der Waals surface area contributed by atoms with E-state index in [1.807, 2.05) is 0 Å². The van der Waals surface area contributed by atoms with Crippen molar-refractivity contribution < 1.29 is 9.18 Å². The molecule has 2 aromatic rings. The fraction of sp³-hybridized carbons (Fsp3) is 0.0667. The lowest BCUT2D eigenvalue weighted by Crippen LogP contribution is -2.14. The Kier molecular flexibility index (Phi) is 4.88. The average Bonchev–Trinajstić information content (AvgIpc) is 2.47. The molecule has 4 nitrogen and oxygen atoms in total. The predicted molar refractivity (Wildman–Crippen MR) is 79.5 cm³/mol. The molecule has 0 saturated heterocycles. The van der Waals surface area contributed by atoms with E-state index in [0.717, 1.165) is 0 Å². The Morgan fingerprint density at radius 2 is 2.19 bits per heavy atom. The minimum absolute atomic E-state index is 0.121. The Hall–Kier alpha value is -2.42. The molecule has 1 amide bonds. The van der Waals surface area contributed by atoms with Crippen LogP contribution >= 0.6 is 11.6 Å². The number of aromatic nitrogens is 1. The molecule has 0 fully saturated rings. The molecule has 0 atom stereocenters. The van der Waals surface area contributed by atoms with Crippen molar-refractivity contribution in [3.05, 3.63) is 58.5 Å². The van der Waals surface area contributed by atoms with Gasteiger partial charge < -0.3 is 11.1 Å². The number of carbonyl (C=O) groups excluding carboxylic acids is 1. The minimum atomic E-state index is -0.475. The van der Waals surface area contributed by atoms with Crippen LogP contribution in [0.4, 0.5) is 10.2 Å². The number of benzene rings is 1. The van der Waals surface area contributed by atoms with Crippen LogP contribution in [0.2, 0.25) is 5.02 Å². The van der Waals surface area contributed by atoms with E-state index in [1.165, 1.54) is 24.4 Å². The van der Waals surface area contributed by atoms with Crippen LogP contribution < -0.4 is 11.1 Å². The van der Waals surface area contributed by atoms with Crippen LogP contribution in [-0.4, -0.2) is 17.4 Å². The van der Waals surface area contributed by atoms with E-state index >= 15 is 0 Å². The fourth-order valence-electron chi connectivity index (χ4n) is 1.60. The third-order valence-electron chi connectivity index (χ3n) is 2.52. The van der Waals surface area contributed by atoms with Gasteiger partial charge in [-0.05, 0) is 30.3 Å². The quantitative estimate of drug-likeness (QED) is 0.837. The van der Waals surface area contributed by atoms with Crippen molar-refractivity contribution in [2.24, 2.45) is 5.73 Å². The average molecular weight is 304 g/mol. The number of rotatable bonds is 2. The molecule has 1 aromatic carbocycles. The van der Waals surface area contributed by atoms with Gasteiger partial charge in [0, 0.05) is 11.8 Å². The summed E-state index contributed by atoms with van der Waals surface area (Å²) < 4.78 is 13.3. The monoisotopic (exact) mass is 303 g/mol. The molecule has 21 heavy (non-hydrogen) atoms. The first-order valence-corrected chi connectivity index (χ1v) is 6.39. The lowest BCUT2D eigenvalue weighted by molar-refractivity contribution is 0.102. The number of anilines is 1. The molecule has 0 bridgehead atoms. The molecule has 1 aromatic heterocycles. The lowest BCUT2D eigenvalue weighted by atomic mass is 10.1. The summed E-state index contributed by atoms with van der Waals surface area (Å²) in [6.07, 6.45) is 1.41. The van der Waals surface area contributed by atoms with Crippen LogP contribution in [0, 0.1) is 17.7 Å². The van der Waals surface area contributed by atoms with E-state index < -0.39 is 11.7 Å². The SMILES string of the molecule is NCC#Cc1cc(F)ccc1C(=O)Nc1ccc(Cl)cn1. The van der Waals surface area contributed by atoms with Gasteiger partial charge in [-0.25, -0.2) is 9.37 Å². The van der Waals surface area contributed by atoms with Gasteiger partial charge in [0.25, 0.3) is 5.91 Å². The largest absolute Gasteiger partial charge is 0.320 e. The maximum absolute atomic E-state index is 13.3. The number of carbonyl (C=O) groups is 1. The number of pyridine rings is 1. The maximum Gasteiger partial charge on any atom is 0.258 e. The molecule has 0 aliphatic rings. The zero-order valence-corrected chi connectivity index (χ0v) is 11.6. The number of hydrogen-bond acceptors (Lipinski definition) is 3. The van der Waals surface area contributed by atoms with E-state index in [1.54, 1.807) is 12.1 Å². The summed E-state index contributed by atoms with van der Waals surface area (Å²) >= 11 is 5.72. The summed E-state index contributed by atoms with van der Waals surface area (Å²) in [4.78, 5) is 16.1. The Labute approximate surface area is 126 Å². The van der Waals surface area contributed by atoms with Crippen molar-refractivity contribution >= 4 is 23.3 Å². The van der Waals surface area contributed by atoms with Crippen LogP contribution in [0.25, 0.3) is 0 Å². The molecular weight excluding hydrogens is 293 g/mol. The fourth-order valence-corrected chi connectivity index (χ4v) is 1.71. The van der Waals surface area contributed by atoms with E-state index in [-0.39, 0.29) is 17.7 Å². The lowest BCUT2D eigenvalue weighted by Gasteiger charge is -2.06.